The Bertz CT molecular complexity index is 843. The summed E-state index contributed by atoms with van der Waals surface area (Å²) in [6.07, 6.45) is -17.4. The van der Waals surface area contributed by atoms with Gasteiger partial charge in [-0.1, -0.05) is 39.5 Å². The lowest BCUT2D eigenvalue weighted by atomic mass is 9.68. The monoisotopic (exact) mass is 554 g/mol. The lowest BCUT2D eigenvalue weighted by Gasteiger charge is -2.50. The molecule has 0 aliphatic carbocycles. The summed E-state index contributed by atoms with van der Waals surface area (Å²) in [5, 5.41) is 17.1. The average Bonchev–Trinajstić information content (AvgIpc) is 2.62. The summed E-state index contributed by atoms with van der Waals surface area (Å²) < 4.78 is 144. The molecular formula is C18H32F6O8S2. The van der Waals surface area contributed by atoms with Crippen LogP contribution in [-0.2, 0) is 20.2 Å². The maximum Gasteiger partial charge on any atom is 0.413 e. The smallest absolute Gasteiger partial charge is 0.396 e. The molecule has 0 bridgehead atoms. The number of aliphatic hydroxyl groups excluding tert-OH is 1. The molecule has 0 rings (SSSR count). The van der Waals surface area contributed by atoms with E-state index in [0.717, 1.165) is 6.92 Å². The van der Waals surface area contributed by atoms with Gasteiger partial charge in [0.25, 0.3) is 20.2 Å². The zero-order valence-corrected chi connectivity index (χ0v) is 20.4. The molecule has 8 nitrogen and oxygen atoms in total. The second-order valence-electron chi connectivity index (χ2n) is 8.24. The summed E-state index contributed by atoms with van der Waals surface area (Å²) >= 11 is 0. The molecule has 4 unspecified atom stereocenters. The maximum absolute atomic E-state index is 14.4. The van der Waals surface area contributed by atoms with Gasteiger partial charge in [0.1, 0.15) is 0 Å². The number of alkyl halides is 6. The van der Waals surface area contributed by atoms with Crippen LogP contribution in [0, 0.1) is 5.92 Å². The fourth-order valence-corrected chi connectivity index (χ4v) is 6.61. The Morgan fingerprint density at radius 2 is 1.35 bits per heavy atom. The molecule has 0 heterocycles. The van der Waals surface area contributed by atoms with Gasteiger partial charge in [0, 0.05) is 6.61 Å². The van der Waals surface area contributed by atoms with Gasteiger partial charge in [-0.15, -0.1) is 0 Å². The van der Waals surface area contributed by atoms with E-state index >= 15 is 0 Å². The van der Waals surface area contributed by atoms with Crippen molar-refractivity contribution in [2.75, 3.05) is 6.61 Å². The molecule has 0 saturated heterocycles. The Hall–Kier alpha value is -0.680. The topological polar surface area (TPSA) is 149 Å². The zero-order chi connectivity index (χ0) is 27.2. The third-order valence-corrected chi connectivity index (χ3v) is 9.01. The van der Waals surface area contributed by atoms with Crippen molar-refractivity contribution in [2.45, 2.75) is 99.6 Å². The van der Waals surface area contributed by atoms with Gasteiger partial charge in [-0.2, -0.15) is 43.2 Å². The highest BCUT2D eigenvalue weighted by atomic mass is 32.2. The minimum Gasteiger partial charge on any atom is -0.396 e. The van der Waals surface area contributed by atoms with E-state index in [2.05, 4.69) is 0 Å². The third kappa shape index (κ3) is 7.41. The van der Waals surface area contributed by atoms with Gasteiger partial charge in [-0.05, 0) is 38.0 Å². The van der Waals surface area contributed by atoms with Crippen molar-refractivity contribution in [1.82, 2.24) is 0 Å². The van der Waals surface area contributed by atoms with Crippen molar-refractivity contribution in [3.63, 3.8) is 0 Å². The predicted octanol–water partition coefficient (Wildman–Crippen LogP) is 3.88. The molecule has 0 radical (unpaired) electrons. The van der Waals surface area contributed by atoms with E-state index in [9.17, 15) is 52.8 Å². The molecule has 0 fully saturated rings. The van der Waals surface area contributed by atoms with E-state index in [4.69, 9.17) is 9.66 Å². The van der Waals surface area contributed by atoms with Crippen LogP contribution in [0.1, 0.15) is 71.6 Å². The minimum absolute atomic E-state index is 0.0686. The first-order valence-electron chi connectivity index (χ1n) is 10.6. The van der Waals surface area contributed by atoms with Crippen LogP contribution in [-0.4, -0.2) is 70.7 Å². The summed E-state index contributed by atoms with van der Waals surface area (Å²) in [4.78, 5) is 0. The largest absolute Gasteiger partial charge is 0.413 e. The van der Waals surface area contributed by atoms with Gasteiger partial charge in [-0.25, -0.2) is 0 Å². The molecule has 0 aromatic carbocycles. The van der Waals surface area contributed by atoms with Gasteiger partial charge >= 0.3 is 12.4 Å². The average molecular weight is 555 g/mol. The van der Waals surface area contributed by atoms with Crippen molar-refractivity contribution in [3.05, 3.63) is 0 Å². The molecule has 34 heavy (non-hydrogen) atoms. The standard InChI is InChI=1S/C18H32F6O8S2/c1-3-5-6-11-16(18(22,23)24,34(30,31)32)15(26,10-7-12-25)13(4-2)8-9-14(17(19,20)21)33(27,28)29/h13-14,25-26H,3-12H2,1-2H3,(H,27,28,29)(H,30,31,32). The molecule has 0 aromatic rings. The lowest BCUT2D eigenvalue weighted by Crippen LogP contribution is -2.69. The Morgan fingerprint density at radius 3 is 1.68 bits per heavy atom. The molecule has 0 amide bonds. The molecule has 0 spiro atoms. The van der Waals surface area contributed by atoms with E-state index in [-0.39, 0.29) is 6.42 Å². The normalized spacial score (nSPS) is 19.3. The zero-order valence-electron chi connectivity index (χ0n) is 18.7. The minimum atomic E-state index is -6.15. The molecule has 0 saturated carbocycles. The van der Waals surface area contributed by atoms with Crippen LogP contribution in [0.3, 0.4) is 0 Å². The van der Waals surface area contributed by atoms with Crippen LogP contribution in [0.15, 0.2) is 0 Å². The van der Waals surface area contributed by atoms with E-state index in [0.29, 0.717) is 6.42 Å². The molecule has 206 valence electrons. The molecule has 0 aliphatic heterocycles. The number of hydrogen-bond donors (Lipinski definition) is 4. The number of hydrogen-bond acceptors (Lipinski definition) is 6. The van der Waals surface area contributed by atoms with Crippen LogP contribution in [0.25, 0.3) is 0 Å². The van der Waals surface area contributed by atoms with Gasteiger partial charge in [-0.3, -0.25) is 9.11 Å². The number of rotatable bonds is 15. The van der Waals surface area contributed by atoms with Crippen LogP contribution >= 0.6 is 0 Å². The van der Waals surface area contributed by atoms with Gasteiger partial charge in [0.15, 0.2) is 5.25 Å². The Balaban J connectivity index is 6.88. The molecule has 16 heteroatoms. The molecule has 4 N–H and O–H groups in total. The van der Waals surface area contributed by atoms with Crippen molar-refractivity contribution in [2.24, 2.45) is 5.92 Å². The summed E-state index contributed by atoms with van der Waals surface area (Å²) in [6.45, 7) is 1.91. The van der Waals surface area contributed by atoms with Gasteiger partial charge < -0.3 is 10.2 Å². The highest BCUT2D eigenvalue weighted by Gasteiger charge is 2.74. The van der Waals surface area contributed by atoms with E-state index in [1.165, 1.54) is 0 Å². The molecule has 0 aromatic heterocycles. The fourth-order valence-electron chi connectivity index (χ4n) is 4.43. The van der Waals surface area contributed by atoms with Crippen LogP contribution < -0.4 is 0 Å². The van der Waals surface area contributed by atoms with E-state index in [1.807, 2.05) is 0 Å². The maximum atomic E-state index is 14.4. The second-order valence-corrected chi connectivity index (χ2v) is 11.5. The van der Waals surface area contributed by atoms with E-state index < -0.39 is 106 Å². The first kappa shape index (κ1) is 33.3. The summed E-state index contributed by atoms with van der Waals surface area (Å²) in [5.41, 5.74) is -3.43. The number of unbranched alkanes of at least 4 members (excludes halogenated alkanes) is 2. The third-order valence-electron chi connectivity index (χ3n) is 6.12. The number of halogens is 6. The van der Waals surface area contributed by atoms with Crippen LogP contribution in [0.5, 0.6) is 0 Å². The summed E-state index contributed by atoms with van der Waals surface area (Å²) in [7, 11) is -11.9. The quantitative estimate of drug-likeness (QED) is 0.135. The lowest BCUT2D eigenvalue weighted by molar-refractivity contribution is -0.231. The highest BCUT2D eigenvalue weighted by Crippen LogP contribution is 2.54. The van der Waals surface area contributed by atoms with Gasteiger partial charge in [0.2, 0.25) is 4.75 Å². The van der Waals surface area contributed by atoms with Crippen molar-refractivity contribution >= 4 is 20.2 Å². The highest BCUT2D eigenvalue weighted by molar-refractivity contribution is 7.87. The Kier molecular flexibility index (Phi) is 11.8. The number of aliphatic hydroxyl groups is 2. The van der Waals surface area contributed by atoms with E-state index in [1.54, 1.807) is 6.92 Å². The molecular weight excluding hydrogens is 522 g/mol. The summed E-state index contributed by atoms with van der Waals surface area (Å²) in [6, 6.07) is 0. The van der Waals surface area contributed by atoms with Gasteiger partial charge in [0.05, 0.1) is 5.60 Å². The Morgan fingerprint density at radius 1 is 0.824 bits per heavy atom. The first-order valence-corrected chi connectivity index (χ1v) is 13.5. The van der Waals surface area contributed by atoms with Crippen molar-refractivity contribution in [1.29, 1.82) is 0 Å². The fraction of sp³-hybridized carbons (Fsp3) is 1.00. The van der Waals surface area contributed by atoms with Crippen LogP contribution in [0.4, 0.5) is 26.3 Å². The van der Waals surface area contributed by atoms with Crippen molar-refractivity contribution in [3.8, 4) is 0 Å². The summed E-state index contributed by atoms with van der Waals surface area (Å²) in [5.74, 6) is -1.92. The molecule has 0 aliphatic rings. The van der Waals surface area contributed by atoms with Crippen molar-refractivity contribution < 1.29 is 62.5 Å². The SMILES string of the molecule is CCCCCC(C(F)(F)F)(C(O)(CCCO)C(CC)CCC(C(F)(F)F)S(=O)(=O)O)S(=O)(=O)O. The Labute approximate surface area is 195 Å². The van der Waals surface area contributed by atoms with Crippen LogP contribution in [0.2, 0.25) is 0 Å². The first-order chi connectivity index (χ1) is 15.2. The second kappa shape index (κ2) is 12.0. The predicted molar refractivity (Wildman–Crippen MR) is 110 cm³/mol. The molecule has 4 atom stereocenters.